The summed E-state index contributed by atoms with van der Waals surface area (Å²) in [7, 11) is 6.94. The minimum absolute atomic E-state index is 0.0124. The van der Waals surface area contributed by atoms with Gasteiger partial charge in [0.25, 0.3) is 23.6 Å². The highest BCUT2D eigenvalue weighted by Crippen LogP contribution is 2.44. The number of hydrogen-bond donors (Lipinski definition) is 4. The second-order valence-electron chi connectivity index (χ2n) is 21.5. The number of fused-ring (bicyclic) bond motifs is 8. The second kappa shape index (κ2) is 24.4. The van der Waals surface area contributed by atoms with Crippen LogP contribution >= 0.6 is 0 Å². The molecule has 5 heterocycles. The first kappa shape index (κ1) is 56.9. The van der Waals surface area contributed by atoms with E-state index in [0.29, 0.717) is 88.2 Å². The lowest BCUT2D eigenvalue weighted by atomic mass is 10.1. The Labute approximate surface area is 480 Å². The summed E-state index contributed by atoms with van der Waals surface area (Å²) in [5.41, 5.74) is 7.99. The first-order chi connectivity index (χ1) is 40.0. The van der Waals surface area contributed by atoms with Crippen molar-refractivity contribution in [2.24, 2.45) is 0 Å². The van der Waals surface area contributed by atoms with E-state index in [-0.39, 0.29) is 69.0 Å². The highest BCUT2D eigenvalue weighted by Gasteiger charge is 2.41. The van der Waals surface area contributed by atoms with Gasteiger partial charge in [0.2, 0.25) is 23.6 Å². The van der Waals surface area contributed by atoms with Crippen molar-refractivity contribution in [3.8, 4) is 23.0 Å². The number of unbranched alkanes of at least 4 members (excludes halogenated alkanes) is 1. The zero-order chi connectivity index (χ0) is 58.6. The molecular weight excluding hydrogens is 1060 g/mol. The van der Waals surface area contributed by atoms with Crippen LogP contribution in [-0.2, 0) is 54.8 Å². The van der Waals surface area contributed by atoms with Crippen LogP contribution in [0.25, 0.3) is 0 Å². The standard InChI is InChI=1S/C62H67N9O12/c1-36(64-56(73)18-12-11-17-55(72)63-21-22-69-57(74)19-20-58(69)75)59(76)65-37(2)60(77)66-42-24-38(34-82-53-30-49-45(28-51(53)80-5)61(78)70-43(32-67(49)3)26-40-13-7-9-15-47(40)70)23-39(25-42)35-83-54-31-50-46(29-52(54)81-6)62(79)71-44(33-68(50)4)27-41-14-8-10-16-48(41)71/h7-10,13-16,19-20,23-25,28-31,36-37,43-44H,11-12,17-18,21-22,26-27,32-35H2,1-6H3,(H,63,72)(H,64,73)(H,65,76)(H,66,77)/t36?,37?,43-,44-/m0/s1. The number of benzene rings is 5. The fourth-order valence-corrected chi connectivity index (χ4v) is 11.4. The van der Waals surface area contributed by atoms with Gasteiger partial charge >= 0.3 is 0 Å². The summed E-state index contributed by atoms with van der Waals surface area (Å²) in [5.74, 6) is -1.48. The fraction of sp³-hybridized carbons (Fsp3) is 0.355. The van der Waals surface area contributed by atoms with Crippen LogP contribution in [0.15, 0.2) is 103 Å². The molecule has 21 nitrogen and oxygen atoms in total. The van der Waals surface area contributed by atoms with E-state index in [1.54, 1.807) is 24.3 Å². The molecule has 0 aliphatic carbocycles. The number of amides is 8. The molecule has 4 atom stereocenters. The Kier molecular flexibility index (Phi) is 16.7. The Balaban J connectivity index is 0.819. The van der Waals surface area contributed by atoms with Gasteiger partial charge in [0.15, 0.2) is 23.0 Å². The van der Waals surface area contributed by atoms with Crippen molar-refractivity contribution in [1.82, 2.24) is 20.9 Å². The molecule has 8 amide bonds. The molecule has 0 spiro atoms. The van der Waals surface area contributed by atoms with E-state index in [9.17, 15) is 38.4 Å². The topological polar surface area (TPSA) is 238 Å². The molecule has 5 aromatic carbocycles. The molecule has 21 heteroatoms. The number of methoxy groups -OCH3 is 2. The van der Waals surface area contributed by atoms with Gasteiger partial charge in [-0.25, -0.2) is 0 Å². The summed E-state index contributed by atoms with van der Waals surface area (Å²) < 4.78 is 24.8. The van der Waals surface area contributed by atoms with Gasteiger partial charge in [-0.05, 0) is 104 Å². The van der Waals surface area contributed by atoms with Gasteiger partial charge in [0.05, 0.1) is 48.8 Å². The van der Waals surface area contributed by atoms with Crippen molar-refractivity contribution in [3.63, 3.8) is 0 Å². The third-order valence-corrected chi connectivity index (χ3v) is 15.6. The van der Waals surface area contributed by atoms with Gasteiger partial charge in [-0.2, -0.15) is 0 Å². The Morgan fingerprint density at radius 2 is 1.06 bits per heavy atom. The highest BCUT2D eigenvalue weighted by atomic mass is 16.5. The Morgan fingerprint density at radius 1 is 0.578 bits per heavy atom. The average molecular weight is 1130 g/mol. The van der Waals surface area contributed by atoms with Gasteiger partial charge in [-0.3, -0.25) is 43.3 Å². The van der Waals surface area contributed by atoms with Crippen molar-refractivity contribution in [2.75, 3.05) is 79.4 Å². The lowest BCUT2D eigenvalue weighted by molar-refractivity contribution is -0.137. The van der Waals surface area contributed by atoms with Crippen molar-refractivity contribution in [1.29, 1.82) is 0 Å². The van der Waals surface area contributed by atoms with Crippen LogP contribution in [0.2, 0.25) is 0 Å². The number of anilines is 5. The minimum atomic E-state index is -1.06. The number of imide groups is 1. The van der Waals surface area contributed by atoms with E-state index in [2.05, 4.69) is 43.2 Å². The number of carbonyl (C=O) groups is 8. The maximum atomic E-state index is 14.3. The lowest BCUT2D eigenvalue weighted by Gasteiger charge is -2.25. The largest absolute Gasteiger partial charge is 0.493 e. The molecule has 432 valence electrons. The molecular formula is C62H67N9O12. The van der Waals surface area contributed by atoms with E-state index in [1.165, 1.54) is 40.2 Å². The number of ether oxygens (including phenoxy) is 4. The molecule has 83 heavy (non-hydrogen) atoms. The Hall–Kier alpha value is -9.40. The van der Waals surface area contributed by atoms with Crippen molar-refractivity contribution < 1.29 is 57.3 Å². The van der Waals surface area contributed by atoms with Crippen LogP contribution in [0.3, 0.4) is 0 Å². The van der Waals surface area contributed by atoms with Crippen LogP contribution < -0.4 is 59.8 Å². The number of likely N-dealkylation sites (N-methyl/N-ethyl adjacent to an activating group) is 2. The summed E-state index contributed by atoms with van der Waals surface area (Å²) in [6, 6.07) is 26.1. The molecule has 0 saturated carbocycles. The Bertz CT molecular complexity index is 3280. The van der Waals surface area contributed by atoms with Gasteiger partial charge in [-0.15, -0.1) is 0 Å². The SMILES string of the molecule is COc1cc2c(cc1OCc1cc(COc3cc4c(cc3OC)C(=O)N3c5ccccc5C[C@H]3CN4C)cc(NC(=O)C(C)NC(=O)C(C)NC(=O)CCCCC(=O)NCCN3C(=O)C=CC3=O)c1)N(C)C[C@@H]1Cc3ccccc3N1C2=O. The normalized spacial score (nSPS) is 17.3. The average Bonchev–Trinajstić information content (AvgIpc) is 2.49. The second-order valence-corrected chi connectivity index (χ2v) is 21.5. The number of carbonyl (C=O) groups excluding carboxylic acids is 8. The summed E-state index contributed by atoms with van der Waals surface area (Å²) >= 11 is 0. The third kappa shape index (κ3) is 12.1. The predicted octanol–water partition coefficient (Wildman–Crippen LogP) is 5.45. The highest BCUT2D eigenvalue weighted by molar-refractivity contribution is 6.14. The van der Waals surface area contributed by atoms with Crippen LogP contribution in [0.4, 0.5) is 28.4 Å². The number of para-hydroxylation sites is 2. The molecule has 5 aliphatic heterocycles. The number of hydrogen-bond acceptors (Lipinski definition) is 14. The summed E-state index contributed by atoms with van der Waals surface area (Å²) in [6.45, 7) is 4.34. The van der Waals surface area contributed by atoms with Gasteiger partial charge in [-0.1, -0.05) is 36.4 Å². The minimum Gasteiger partial charge on any atom is -0.493 e. The molecule has 10 rings (SSSR count). The molecule has 5 aliphatic rings. The van der Waals surface area contributed by atoms with Gasteiger partial charge < -0.3 is 59.8 Å². The molecule has 0 fully saturated rings. The predicted molar refractivity (Wildman–Crippen MR) is 310 cm³/mol. The quantitative estimate of drug-likeness (QED) is 0.0528. The summed E-state index contributed by atoms with van der Waals surface area (Å²) in [4.78, 5) is 113. The molecule has 0 saturated heterocycles. The van der Waals surface area contributed by atoms with Gasteiger partial charge in [0, 0.05) is 94.5 Å². The maximum absolute atomic E-state index is 14.3. The molecule has 5 aromatic rings. The van der Waals surface area contributed by atoms with E-state index < -0.39 is 41.6 Å². The van der Waals surface area contributed by atoms with E-state index >= 15 is 0 Å². The van der Waals surface area contributed by atoms with Crippen LogP contribution in [0.1, 0.15) is 82.5 Å². The van der Waals surface area contributed by atoms with Crippen molar-refractivity contribution >= 4 is 75.7 Å². The maximum Gasteiger partial charge on any atom is 0.260 e. The van der Waals surface area contributed by atoms with Crippen molar-refractivity contribution in [3.05, 3.63) is 137 Å². The lowest BCUT2D eigenvalue weighted by Crippen LogP contribution is -2.50. The summed E-state index contributed by atoms with van der Waals surface area (Å²) in [5, 5.41) is 10.9. The van der Waals surface area contributed by atoms with E-state index in [0.717, 1.165) is 40.2 Å². The van der Waals surface area contributed by atoms with Gasteiger partial charge in [0.1, 0.15) is 25.3 Å². The smallest absolute Gasteiger partial charge is 0.260 e. The molecule has 0 bridgehead atoms. The van der Waals surface area contributed by atoms with Crippen LogP contribution in [-0.4, -0.2) is 131 Å². The molecule has 4 N–H and O–H groups in total. The van der Waals surface area contributed by atoms with Crippen LogP contribution in [0.5, 0.6) is 23.0 Å². The fourth-order valence-electron chi connectivity index (χ4n) is 11.4. The number of nitrogens with zero attached hydrogens (tertiary/aromatic N) is 5. The number of rotatable bonds is 21. The zero-order valence-electron chi connectivity index (χ0n) is 47.2. The number of nitrogens with one attached hydrogen (secondary N) is 4. The molecule has 2 unspecified atom stereocenters. The molecule has 0 aromatic heterocycles. The van der Waals surface area contributed by atoms with E-state index in [4.69, 9.17) is 18.9 Å². The van der Waals surface area contributed by atoms with E-state index in [1.807, 2.05) is 78.5 Å². The van der Waals surface area contributed by atoms with Crippen molar-refractivity contribution in [2.45, 2.75) is 89.8 Å². The zero-order valence-corrected chi connectivity index (χ0v) is 47.2. The third-order valence-electron chi connectivity index (χ3n) is 15.6. The summed E-state index contributed by atoms with van der Waals surface area (Å²) in [6.07, 6.45) is 4.74. The molecule has 0 radical (unpaired) electrons. The first-order valence-electron chi connectivity index (χ1n) is 27.8. The van der Waals surface area contributed by atoms with Crippen LogP contribution in [0, 0.1) is 0 Å². The first-order valence-corrected chi connectivity index (χ1v) is 27.8. The monoisotopic (exact) mass is 1130 g/mol. The Morgan fingerprint density at radius 3 is 1.57 bits per heavy atom.